The van der Waals surface area contributed by atoms with Gasteiger partial charge in [0, 0.05) is 9.35 Å². The summed E-state index contributed by atoms with van der Waals surface area (Å²) >= 11 is 4.85. The Morgan fingerprint density at radius 1 is 1.19 bits per heavy atom. The highest BCUT2D eigenvalue weighted by atomic mass is 79.9. The van der Waals surface area contributed by atoms with Crippen molar-refractivity contribution in [3.63, 3.8) is 0 Å². The SMILES string of the molecule is Cc1ccc(-c2nc(O)c(-c3ccc(Br)cc3)c(=O)[nH]2)s1. The van der Waals surface area contributed by atoms with E-state index >= 15 is 0 Å². The highest BCUT2D eigenvalue weighted by molar-refractivity contribution is 9.10. The highest BCUT2D eigenvalue weighted by Gasteiger charge is 2.14. The zero-order chi connectivity index (χ0) is 15.0. The molecule has 0 radical (unpaired) electrons. The van der Waals surface area contributed by atoms with Gasteiger partial charge in [-0.3, -0.25) is 4.79 Å². The predicted molar refractivity (Wildman–Crippen MR) is 87.7 cm³/mol. The Morgan fingerprint density at radius 3 is 2.48 bits per heavy atom. The lowest BCUT2D eigenvalue weighted by Crippen LogP contribution is -2.11. The fourth-order valence-electron chi connectivity index (χ4n) is 2.02. The quantitative estimate of drug-likeness (QED) is 0.725. The number of H-pyrrole nitrogens is 1. The minimum Gasteiger partial charge on any atom is -0.493 e. The first-order valence-electron chi connectivity index (χ1n) is 6.20. The normalized spacial score (nSPS) is 10.8. The molecular weight excluding hydrogens is 352 g/mol. The van der Waals surface area contributed by atoms with Crippen molar-refractivity contribution in [2.45, 2.75) is 6.92 Å². The molecule has 0 unspecified atom stereocenters. The van der Waals surface area contributed by atoms with Gasteiger partial charge >= 0.3 is 0 Å². The lowest BCUT2D eigenvalue weighted by atomic mass is 10.1. The fourth-order valence-corrected chi connectivity index (χ4v) is 3.09. The van der Waals surface area contributed by atoms with Crippen LogP contribution in [0.4, 0.5) is 0 Å². The second kappa shape index (κ2) is 5.46. The molecule has 0 bridgehead atoms. The fraction of sp³-hybridized carbons (Fsp3) is 0.0667. The number of rotatable bonds is 2. The number of thiophene rings is 1. The van der Waals surface area contributed by atoms with E-state index in [1.807, 2.05) is 31.2 Å². The molecule has 0 spiro atoms. The molecule has 6 heteroatoms. The number of hydrogen-bond donors (Lipinski definition) is 2. The first-order chi connectivity index (χ1) is 10.0. The molecule has 2 aromatic heterocycles. The third kappa shape index (κ3) is 2.77. The molecule has 0 amide bonds. The van der Waals surface area contributed by atoms with Crippen LogP contribution in [0, 0.1) is 6.92 Å². The van der Waals surface area contributed by atoms with E-state index in [0.29, 0.717) is 11.4 Å². The molecule has 3 aromatic rings. The topological polar surface area (TPSA) is 66.0 Å². The number of hydrogen-bond acceptors (Lipinski definition) is 4. The van der Waals surface area contributed by atoms with E-state index in [9.17, 15) is 9.90 Å². The Morgan fingerprint density at radius 2 is 1.90 bits per heavy atom. The summed E-state index contributed by atoms with van der Waals surface area (Å²) in [6.07, 6.45) is 0. The number of nitrogens with one attached hydrogen (secondary N) is 1. The summed E-state index contributed by atoms with van der Waals surface area (Å²) in [7, 11) is 0. The molecule has 4 nitrogen and oxygen atoms in total. The summed E-state index contributed by atoms with van der Waals surface area (Å²) in [5.41, 5.74) is 0.448. The van der Waals surface area contributed by atoms with Crippen LogP contribution in [0.25, 0.3) is 21.8 Å². The summed E-state index contributed by atoms with van der Waals surface area (Å²) in [4.78, 5) is 21.0. The number of aromatic amines is 1. The maximum Gasteiger partial charge on any atom is 0.262 e. The number of benzene rings is 1. The Hall–Kier alpha value is -1.92. The minimum atomic E-state index is -0.356. The van der Waals surface area contributed by atoms with Gasteiger partial charge in [-0.05, 0) is 36.8 Å². The van der Waals surface area contributed by atoms with Gasteiger partial charge in [0.25, 0.3) is 5.56 Å². The Balaban J connectivity index is 2.12. The lowest BCUT2D eigenvalue weighted by Gasteiger charge is -2.05. The Labute approximate surface area is 133 Å². The summed E-state index contributed by atoms with van der Waals surface area (Å²) in [6, 6.07) is 10.9. The lowest BCUT2D eigenvalue weighted by molar-refractivity contribution is 0.454. The molecule has 1 aromatic carbocycles. The number of nitrogens with zero attached hydrogens (tertiary/aromatic N) is 1. The largest absolute Gasteiger partial charge is 0.493 e. The summed E-state index contributed by atoms with van der Waals surface area (Å²) < 4.78 is 0.904. The molecule has 2 heterocycles. The third-order valence-electron chi connectivity index (χ3n) is 3.01. The molecule has 0 fully saturated rings. The van der Waals surface area contributed by atoms with Crippen molar-refractivity contribution in [2.75, 3.05) is 0 Å². The van der Waals surface area contributed by atoms with Crippen LogP contribution >= 0.6 is 27.3 Å². The molecule has 0 saturated heterocycles. The molecule has 3 rings (SSSR count). The van der Waals surface area contributed by atoms with Crippen LogP contribution in [0.2, 0.25) is 0 Å². The van der Waals surface area contributed by atoms with Gasteiger partial charge in [-0.2, -0.15) is 4.98 Å². The minimum absolute atomic E-state index is 0.180. The number of aromatic nitrogens is 2. The predicted octanol–water partition coefficient (Wildman–Crippen LogP) is 3.94. The van der Waals surface area contributed by atoms with Gasteiger partial charge in [-0.15, -0.1) is 11.3 Å². The van der Waals surface area contributed by atoms with E-state index < -0.39 is 0 Å². The van der Waals surface area contributed by atoms with Gasteiger partial charge in [0.2, 0.25) is 5.88 Å². The second-order valence-corrected chi connectivity index (χ2v) is 6.73. The van der Waals surface area contributed by atoms with Crippen molar-refractivity contribution in [1.82, 2.24) is 9.97 Å². The van der Waals surface area contributed by atoms with Crippen LogP contribution in [0.3, 0.4) is 0 Å². The van der Waals surface area contributed by atoms with E-state index in [2.05, 4.69) is 25.9 Å². The smallest absolute Gasteiger partial charge is 0.262 e. The molecule has 0 aliphatic rings. The average Bonchev–Trinajstić information content (AvgIpc) is 2.87. The standard InChI is InChI=1S/C15H11BrN2O2S/c1-8-2-7-11(21-8)13-17-14(19)12(15(20)18-13)9-3-5-10(16)6-4-9/h2-7H,1H3,(H2,17,18,19,20). The zero-order valence-electron chi connectivity index (χ0n) is 11.1. The van der Waals surface area contributed by atoms with Gasteiger partial charge < -0.3 is 10.1 Å². The third-order valence-corrected chi connectivity index (χ3v) is 4.54. The van der Waals surface area contributed by atoms with Crippen molar-refractivity contribution < 1.29 is 5.11 Å². The zero-order valence-corrected chi connectivity index (χ0v) is 13.5. The molecule has 0 saturated carbocycles. The molecule has 2 N–H and O–H groups in total. The summed E-state index contributed by atoms with van der Waals surface area (Å²) in [5, 5.41) is 10.1. The van der Waals surface area contributed by atoms with Crippen molar-refractivity contribution in [1.29, 1.82) is 0 Å². The first kappa shape index (κ1) is 14.0. The van der Waals surface area contributed by atoms with Gasteiger partial charge in [0.05, 0.1) is 4.88 Å². The van der Waals surface area contributed by atoms with Crippen molar-refractivity contribution in [2.24, 2.45) is 0 Å². The Kier molecular flexibility index (Phi) is 3.65. The average molecular weight is 363 g/mol. The van der Waals surface area contributed by atoms with Crippen molar-refractivity contribution in [3.8, 4) is 27.7 Å². The molecule has 0 aliphatic heterocycles. The van der Waals surface area contributed by atoms with Crippen LogP contribution in [0.15, 0.2) is 45.7 Å². The molecule has 0 aliphatic carbocycles. The maximum absolute atomic E-state index is 12.3. The molecule has 21 heavy (non-hydrogen) atoms. The molecule has 0 atom stereocenters. The van der Waals surface area contributed by atoms with Gasteiger partial charge in [-0.1, -0.05) is 28.1 Å². The van der Waals surface area contributed by atoms with Crippen LogP contribution in [0.1, 0.15) is 4.88 Å². The van der Waals surface area contributed by atoms with E-state index in [1.54, 1.807) is 12.1 Å². The van der Waals surface area contributed by atoms with E-state index in [1.165, 1.54) is 11.3 Å². The van der Waals surface area contributed by atoms with Gasteiger partial charge in [-0.25, -0.2) is 0 Å². The van der Waals surface area contributed by atoms with Crippen molar-refractivity contribution in [3.05, 3.63) is 56.1 Å². The highest BCUT2D eigenvalue weighted by Crippen LogP contribution is 2.29. The van der Waals surface area contributed by atoms with Gasteiger partial charge in [0.1, 0.15) is 5.56 Å². The van der Waals surface area contributed by atoms with Crippen LogP contribution < -0.4 is 5.56 Å². The summed E-state index contributed by atoms with van der Waals surface area (Å²) in [6.45, 7) is 1.97. The van der Waals surface area contributed by atoms with Crippen LogP contribution in [0.5, 0.6) is 5.88 Å². The number of aromatic hydroxyl groups is 1. The Bertz CT molecular complexity index is 853. The molecule has 106 valence electrons. The monoisotopic (exact) mass is 362 g/mol. The van der Waals surface area contributed by atoms with Crippen LogP contribution in [-0.2, 0) is 0 Å². The second-order valence-electron chi connectivity index (χ2n) is 4.53. The maximum atomic E-state index is 12.3. The van der Waals surface area contributed by atoms with E-state index in [4.69, 9.17) is 0 Å². The van der Waals surface area contributed by atoms with Gasteiger partial charge in [0.15, 0.2) is 5.82 Å². The van der Waals surface area contributed by atoms with Crippen molar-refractivity contribution >= 4 is 27.3 Å². The first-order valence-corrected chi connectivity index (χ1v) is 7.81. The number of halogens is 1. The van der Waals surface area contributed by atoms with Crippen LogP contribution in [-0.4, -0.2) is 15.1 Å². The molecular formula is C15H11BrN2O2S. The van der Waals surface area contributed by atoms with E-state index in [-0.39, 0.29) is 17.0 Å². The number of aryl methyl sites for hydroxylation is 1. The summed E-state index contributed by atoms with van der Waals surface area (Å²) in [5.74, 6) is 0.124. The van der Waals surface area contributed by atoms with E-state index in [0.717, 1.165) is 14.2 Å².